The predicted octanol–water partition coefficient (Wildman–Crippen LogP) is 1.44. The van der Waals surface area contributed by atoms with Crippen LogP contribution in [0.5, 0.6) is 0 Å². The zero-order chi connectivity index (χ0) is 17.5. The zero-order valence-corrected chi connectivity index (χ0v) is 14.3. The summed E-state index contributed by atoms with van der Waals surface area (Å²) < 4.78 is 9.59. The molecule has 0 bridgehead atoms. The smallest absolute Gasteiger partial charge is 0.310 e. The number of benzene rings is 1. The maximum absolute atomic E-state index is 12.0. The van der Waals surface area contributed by atoms with Crippen molar-refractivity contribution in [2.24, 2.45) is 5.73 Å². The molecule has 0 radical (unpaired) electrons. The summed E-state index contributed by atoms with van der Waals surface area (Å²) in [5, 5.41) is 3.04. The highest BCUT2D eigenvalue weighted by molar-refractivity contribution is 7.16. The van der Waals surface area contributed by atoms with Gasteiger partial charge in [-0.05, 0) is 0 Å². The van der Waals surface area contributed by atoms with Crippen molar-refractivity contribution in [1.82, 2.24) is 4.98 Å². The summed E-state index contributed by atoms with van der Waals surface area (Å²) in [6.45, 7) is 0.109. The van der Waals surface area contributed by atoms with Crippen LogP contribution in [0.3, 0.4) is 0 Å². The van der Waals surface area contributed by atoms with Crippen LogP contribution in [0.2, 0.25) is 0 Å². The molecule has 0 saturated heterocycles. The van der Waals surface area contributed by atoms with Gasteiger partial charge in [-0.3, -0.25) is 9.59 Å². The van der Waals surface area contributed by atoms with Gasteiger partial charge >= 0.3 is 5.97 Å². The molecule has 1 aromatic heterocycles. The Morgan fingerprint density at radius 1 is 1.29 bits per heavy atom. The number of amides is 1. The van der Waals surface area contributed by atoms with Crippen LogP contribution in [0.15, 0.2) is 30.3 Å². The third-order valence-corrected chi connectivity index (χ3v) is 4.16. The molecule has 0 aliphatic heterocycles. The monoisotopic (exact) mass is 349 g/mol. The van der Waals surface area contributed by atoms with Crippen LogP contribution in [0.25, 0.3) is 11.3 Å². The first kappa shape index (κ1) is 18.1. The van der Waals surface area contributed by atoms with Crippen LogP contribution in [-0.2, 0) is 25.5 Å². The number of carbonyl (C=O) groups is 2. The molecular weight excluding hydrogens is 330 g/mol. The molecule has 128 valence electrons. The number of hydrogen-bond acceptors (Lipinski definition) is 7. The molecule has 1 heterocycles. The van der Waals surface area contributed by atoms with Gasteiger partial charge in [0.25, 0.3) is 0 Å². The molecule has 2 aromatic rings. The number of aromatic nitrogens is 1. The number of nitrogens with two attached hydrogens (primary N) is 1. The van der Waals surface area contributed by atoms with Crippen LogP contribution in [0.4, 0.5) is 5.13 Å². The van der Waals surface area contributed by atoms with Crippen molar-refractivity contribution in [3.8, 4) is 11.3 Å². The average Bonchev–Trinajstić information content (AvgIpc) is 2.97. The molecule has 1 aromatic carbocycles. The summed E-state index contributed by atoms with van der Waals surface area (Å²) in [4.78, 5) is 28.8. The topological polar surface area (TPSA) is 104 Å². The fourth-order valence-corrected chi connectivity index (χ4v) is 2.98. The highest BCUT2D eigenvalue weighted by Crippen LogP contribution is 2.31. The van der Waals surface area contributed by atoms with Crippen molar-refractivity contribution >= 4 is 28.3 Å². The number of rotatable bonds is 7. The molecule has 1 amide bonds. The number of hydrogen-bond donors (Lipinski definition) is 2. The zero-order valence-electron chi connectivity index (χ0n) is 13.4. The van der Waals surface area contributed by atoms with Crippen LogP contribution in [-0.4, -0.2) is 43.7 Å². The maximum Gasteiger partial charge on any atom is 0.310 e. The van der Waals surface area contributed by atoms with Crippen LogP contribution in [0, 0.1) is 0 Å². The van der Waals surface area contributed by atoms with Crippen molar-refractivity contribution in [3.63, 3.8) is 0 Å². The predicted molar refractivity (Wildman–Crippen MR) is 91.8 cm³/mol. The SMILES string of the molecule is COCC(N)C(=O)Nc1nc(-c2ccccc2)c(CC(=O)OC)s1. The van der Waals surface area contributed by atoms with E-state index in [4.69, 9.17) is 15.2 Å². The number of nitrogens with zero attached hydrogens (tertiary/aromatic N) is 1. The van der Waals surface area contributed by atoms with E-state index in [9.17, 15) is 9.59 Å². The Morgan fingerprint density at radius 3 is 2.62 bits per heavy atom. The minimum Gasteiger partial charge on any atom is -0.469 e. The van der Waals surface area contributed by atoms with E-state index in [2.05, 4.69) is 10.3 Å². The van der Waals surface area contributed by atoms with E-state index in [-0.39, 0.29) is 19.0 Å². The Kier molecular flexibility index (Phi) is 6.42. The second-order valence-corrected chi connectivity index (χ2v) is 6.04. The van der Waals surface area contributed by atoms with E-state index in [0.29, 0.717) is 15.7 Å². The first-order valence-electron chi connectivity index (χ1n) is 7.22. The van der Waals surface area contributed by atoms with Gasteiger partial charge in [0, 0.05) is 17.6 Å². The Labute approximate surface area is 143 Å². The lowest BCUT2D eigenvalue weighted by molar-refractivity contribution is -0.139. The second-order valence-electron chi connectivity index (χ2n) is 4.96. The Hall–Kier alpha value is -2.29. The molecule has 0 aliphatic rings. The molecule has 24 heavy (non-hydrogen) atoms. The summed E-state index contributed by atoms with van der Waals surface area (Å²) in [6.07, 6.45) is 0.0817. The molecule has 0 spiro atoms. The van der Waals surface area contributed by atoms with Gasteiger partial charge < -0.3 is 20.5 Å². The van der Waals surface area contributed by atoms with Gasteiger partial charge in [-0.1, -0.05) is 30.3 Å². The molecule has 7 nitrogen and oxygen atoms in total. The third kappa shape index (κ3) is 4.60. The van der Waals surface area contributed by atoms with Crippen molar-refractivity contribution in [2.75, 3.05) is 26.1 Å². The number of anilines is 1. The second kappa shape index (κ2) is 8.53. The quantitative estimate of drug-likeness (QED) is 0.733. The molecule has 2 rings (SSSR count). The number of methoxy groups -OCH3 is 2. The van der Waals surface area contributed by atoms with Gasteiger partial charge in [-0.2, -0.15) is 0 Å². The van der Waals surface area contributed by atoms with Gasteiger partial charge in [0.1, 0.15) is 6.04 Å². The molecular formula is C16H19N3O4S. The normalized spacial score (nSPS) is 11.8. The largest absolute Gasteiger partial charge is 0.469 e. The van der Waals surface area contributed by atoms with Gasteiger partial charge in [0.05, 0.1) is 25.8 Å². The lowest BCUT2D eigenvalue weighted by atomic mass is 10.1. The van der Waals surface area contributed by atoms with E-state index < -0.39 is 11.9 Å². The van der Waals surface area contributed by atoms with E-state index in [1.54, 1.807) is 0 Å². The maximum atomic E-state index is 12.0. The van der Waals surface area contributed by atoms with Crippen LogP contribution < -0.4 is 11.1 Å². The highest BCUT2D eigenvalue weighted by atomic mass is 32.1. The minimum atomic E-state index is -0.789. The van der Waals surface area contributed by atoms with Crippen molar-refractivity contribution in [2.45, 2.75) is 12.5 Å². The molecule has 1 unspecified atom stereocenters. The first-order chi connectivity index (χ1) is 11.5. The Morgan fingerprint density at radius 2 is 2.00 bits per heavy atom. The number of carbonyl (C=O) groups excluding carboxylic acids is 2. The van der Waals surface area contributed by atoms with Gasteiger partial charge in [0.15, 0.2) is 5.13 Å². The lowest BCUT2D eigenvalue weighted by Crippen LogP contribution is -2.39. The third-order valence-electron chi connectivity index (χ3n) is 3.19. The van der Waals surface area contributed by atoms with Gasteiger partial charge in [-0.15, -0.1) is 11.3 Å². The fraction of sp³-hybridized carbons (Fsp3) is 0.312. The van der Waals surface area contributed by atoms with Crippen molar-refractivity contribution in [1.29, 1.82) is 0 Å². The number of nitrogens with one attached hydrogen (secondary N) is 1. The van der Waals surface area contributed by atoms with E-state index in [1.165, 1.54) is 25.6 Å². The van der Waals surface area contributed by atoms with E-state index in [0.717, 1.165) is 5.56 Å². The number of ether oxygens (including phenoxy) is 2. The molecule has 1 atom stereocenters. The first-order valence-corrected chi connectivity index (χ1v) is 8.04. The minimum absolute atomic E-state index is 0.0817. The summed E-state index contributed by atoms with van der Waals surface area (Å²) in [5.74, 6) is -0.764. The van der Waals surface area contributed by atoms with E-state index >= 15 is 0 Å². The summed E-state index contributed by atoms with van der Waals surface area (Å²) in [7, 11) is 2.80. The fourth-order valence-electron chi connectivity index (χ4n) is 2.00. The number of esters is 1. The molecule has 0 saturated carbocycles. The molecule has 0 aliphatic carbocycles. The van der Waals surface area contributed by atoms with Crippen molar-refractivity contribution < 1.29 is 19.1 Å². The highest BCUT2D eigenvalue weighted by Gasteiger charge is 2.19. The van der Waals surface area contributed by atoms with Crippen LogP contribution in [0.1, 0.15) is 4.88 Å². The van der Waals surface area contributed by atoms with Gasteiger partial charge in [-0.25, -0.2) is 4.98 Å². The summed E-state index contributed by atoms with van der Waals surface area (Å²) in [6, 6.07) is 8.63. The summed E-state index contributed by atoms with van der Waals surface area (Å²) in [5.41, 5.74) is 7.20. The lowest BCUT2D eigenvalue weighted by Gasteiger charge is -2.08. The molecule has 0 fully saturated rings. The van der Waals surface area contributed by atoms with E-state index in [1.807, 2.05) is 30.3 Å². The van der Waals surface area contributed by atoms with Crippen LogP contribution >= 0.6 is 11.3 Å². The number of thiazole rings is 1. The molecule has 3 N–H and O–H groups in total. The Bertz CT molecular complexity index is 703. The average molecular weight is 349 g/mol. The Balaban J connectivity index is 2.27. The molecule has 8 heteroatoms. The summed E-state index contributed by atoms with van der Waals surface area (Å²) >= 11 is 1.22. The standard InChI is InChI=1S/C16H19N3O4S/c1-22-9-11(17)15(21)19-16-18-14(10-6-4-3-5-7-10)12(24-16)8-13(20)23-2/h3-7,11H,8-9,17H2,1-2H3,(H,18,19,21). The van der Waals surface area contributed by atoms with Crippen molar-refractivity contribution in [3.05, 3.63) is 35.2 Å². The van der Waals surface area contributed by atoms with Gasteiger partial charge in [0.2, 0.25) is 5.91 Å².